The molecule has 0 bridgehead atoms. The van der Waals surface area contributed by atoms with Crippen LogP contribution in [-0.4, -0.2) is 36.4 Å². The Morgan fingerprint density at radius 1 is 1.07 bits per heavy atom. The highest BCUT2D eigenvalue weighted by atomic mass is 16.5. The fourth-order valence-corrected chi connectivity index (χ4v) is 3.44. The second-order valence-corrected chi connectivity index (χ2v) is 7.30. The second kappa shape index (κ2) is 9.40. The molecule has 2 aromatic rings. The lowest BCUT2D eigenvalue weighted by Gasteiger charge is -2.36. The lowest BCUT2D eigenvalue weighted by molar-refractivity contribution is 0.0600. The van der Waals surface area contributed by atoms with Gasteiger partial charge in [0, 0.05) is 12.1 Å². The summed E-state index contributed by atoms with van der Waals surface area (Å²) in [5.74, 6) is 0.465. The van der Waals surface area contributed by atoms with E-state index in [0.29, 0.717) is 24.3 Å². The van der Waals surface area contributed by atoms with Crippen molar-refractivity contribution in [3.8, 4) is 5.75 Å². The van der Waals surface area contributed by atoms with Crippen LogP contribution in [0.15, 0.2) is 53.6 Å². The molecule has 1 heterocycles. The van der Waals surface area contributed by atoms with E-state index in [1.54, 1.807) is 12.1 Å². The minimum absolute atomic E-state index is 0.335. The monoisotopic (exact) mass is 380 g/mol. The highest BCUT2D eigenvalue weighted by molar-refractivity contribution is 5.89. The topological polar surface area (TPSA) is 51.1 Å². The maximum absolute atomic E-state index is 11.5. The number of ether oxygens (including phenoxy) is 2. The number of hydrogen-bond donors (Lipinski definition) is 0. The second-order valence-electron chi connectivity index (χ2n) is 7.30. The lowest BCUT2D eigenvalue weighted by Crippen LogP contribution is -2.39. The standard InChI is InChI=1S/C23H28N2O3/c1-17-5-4-6-18(2)25(17)24-15-19-9-13-22(14-10-19)28-16-20-7-11-21(12-8-20)23(26)27-3/h7-15,17-18H,4-6,16H2,1-3H3/b24-15-/t17-,18-/m1/s1. The van der Waals surface area contributed by atoms with Gasteiger partial charge in [0.05, 0.1) is 18.9 Å². The average molecular weight is 380 g/mol. The summed E-state index contributed by atoms with van der Waals surface area (Å²) in [6.45, 7) is 4.92. The Bertz CT molecular complexity index is 790. The van der Waals surface area contributed by atoms with Crippen LogP contribution in [0.1, 0.15) is 54.6 Å². The van der Waals surface area contributed by atoms with Crippen molar-refractivity contribution in [3.63, 3.8) is 0 Å². The summed E-state index contributed by atoms with van der Waals surface area (Å²) in [7, 11) is 1.38. The Kier molecular flexibility index (Phi) is 6.69. The molecule has 0 saturated carbocycles. The van der Waals surface area contributed by atoms with E-state index in [4.69, 9.17) is 14.6 Å². The van der Waals surface area contributed by atoms with Gasteiger partial charge < -0.3 is 9.47 Å². The van der Waals surface area contributed by atoms with Gasteiger partial charge in [-0.05, 0) is 80.6 Å². The summed E-state index contributed by atoms with van der Waals surface area (Å²) in [6, 6.07) is 16.1. The molecule has 28 heavy (non-hydrogen) atoms. The van der Waals surface area contributed by atoms with Gasteiger partial charge >= 0.3 is 5.97 Å². The lowest BCUT2D eigenvalue weighted by atomic mass is 10.00. The number of hydrazone groups is 1. The van der Waals surface area contributed by atoms with Crippen LogP contribution in [-0.2, 0) is 11.3 Å². The van der Waals surface area contributed by atoms with Gasteiger partial charge in [-0.2, -0.15) is 5.10 Å². The molecule has 5 heteroatoms. The predicted octanol–water partition coefficient (Wildman–Crippen LogP) is 4.65. The van der Waals surface area contributed by atoms with E-state index >= 15 is 0 Å². The van der Waals surface area contributed by atoms with Crippen LogP contribution in [0, 0.1) is 0 Å². The number of benzene rings is 2. The number of piperidine rings is 1. The Labute approximate surface area is 167 Å². The van der Waals surface area contributed by atoms with Crippen LogP contribution < -0.4 is 4.74 Å². The third-order valence-corrected chi connectivity index (χ3v) is 5.15. The van der Waals surface area contributed by atoms with Crippen molar-refractivity contribution >= 4 is 12.2 Å². The van der Waals surface area contributed by atoms with E-state index in [1.165, 1.54) is 26.4 Å². The van der Waals surface area contributed by atoms with Crippen molar-refractivity contribution < 1.29 is 14.3 Å². The minimum atomic E-state index is -0.335. The van der Waals surface area contributed by atoms with Crippen LogP contribution in [0.2, 0.25) is 0 Å². The van der Waals surface area contributed by atoms with E-state index in [2.05, 4.69) is 18.9 Å². The van der Waals surface area contributed by atoms with E-state index in [-0.39, 0.29) is 5.97 Å². The number of esters is 1. The van der Waals surface area contributed by atoms with Gasteiger partial charge in [0.1, 0.15) is 12.4 Å². The smallest absolute Gasteiger partial charge is 0.337 e. The summed E-state index contributed by atoms with van der Waals surface area (Å²) < 4.78 is 10.5. The first-order valence-electron chi connectivity index (χ1n) is 9.79. The average Bonchev–Trinajstić information content (AvgIpc) is 2.72. The molecule has 1 aliphatic heterocycles. The van der Waals surface area contributed by atoms with E-state index < -0.39 is 0 Å². The van der Waals surface area contributed by atoms with Crippen molar-refractivity contribution in [2.45, 2.75) is 51.8 Å². The molecule has 148 valence electrons. The minimum Gasteiger partial charge on any atom is -0.489 e. The molecule has 2 atom stereocenters. The number of carbonyl (C=O) groups is 1. The summed E-state index contributed by atoms with van der Waals surface area (Å²) >= 11 is 0. The highest BCUT2D eigenvalue weighted by Crippen LogP contribution is 2.22. The molecule has 1 fully saturated rings. The van der Waals surface area contributed by atoms with Crippen molar-refractivity contribution in [3.05, 3.63) is 65.2 Å². The van der Waals surface area contributed by atoms with Crippen LogP contribution in [0.3, 0.4) is 0 Å². The number of carbonyl (C=O) groups excluding carboxylic acids is 1. The Morgan fingerprint density at radius 2 is 1.71 bits per heavy atom. The number of hydrogen-bond acceptors (Lipinski definition) is 5. The normalized spacial score (nSPS) is 19.6. The Balaban J connectivity index is 1.54. The van der Waals surface area contributed by atoms with Gasteiger partial charge in [-0.15, -0.1) is 0 Å². The first-order valence-corrected chi connectivity index (χ1v) is 9.79. The zero-order valence-corrected chi connectivity index (χ0v) is 16.8. The number of methoxy groups -OCH3 is 1. The van der Waals surface area contributed by atoms with Gasteiger partial charge in [0.15, 0.2) is 0 Å². The molecule has 0 spiro atoms. The summed E-state index contributed by atoms with van der Waals surface area (Å²) in [5.41, 5.74) is 2.58. The maximum atomic E-state index is 11.5. The van der Waals surface area contributed by atoms with Crippen molar-refractivity contribution in [1.82, 2.24) is 5.01 Å². The molecule has 0 aliphatic carbocycles. The zero-order valence-electron chi connectivity index (χ0n) is 16.8. The van der Waals surface area contributed by atoms with Crippen LogP contribution in [0.25, 0.3) is 0 Å². The number of rotatable bonds is 6. The zero-order chi connectivity index (χ0) is 19.9. The number of nitrogens with zero attached hydrogens (tertiary/aromatic N) is 2. The molecule has 1 saturated heterocycles. The molecule has 2 aromatic carbocycles. The summed E-state index contributed by atoms with van der Waals surface area (Å²) in [6.07, 6.45) is 5.61. The Hall–Kier alpha value is -2.82. The van der Waals surface area contributed by atoms with Gasteiger partial charge in [0.25, 0.3) is 0 Å². The van der Waals surface area contributed by atoms with Crippen molar-refractivity contribution in [2.75, 3.05) is 7.11 Å². The van der Waals surface area contributed by atoms with Gasteiger partial charge in [-0.1, -0.05) is 12.1 Å². The highest BCUT2D eigenvalue weighted by Gasteiger charge is 2.22. The van der Waals surface area contributed by atoms with Crippen LogP contribution in [0.5, 0.6) is 5.75 Å². The third kappa shape index (κ3) is 5.12. The molecule has 0 amide bonds. The molecular formula is C23H28N2O3. The van der Waals surface area contributed by atoms with Crippen LogP contribution in [0.4, 0.5) is 0 Å². The van der Waals surface area contributed by atoms with Crippen molar-refractivity contribution in [2.24, 2.45) is 5.10 Å². The molecule has 5 nitrogen and oxygen atoms in total. The van der Waals surface area contributed by atoms with E-state index in [9.17, 15) is 4.79 Å². The fourth-order valence-electron chi connectivity index (χ4n) is 3.44. The maximum Gasteiger partial charge on any atom is 0.337 e. The molecular weight excluding hydrogens is 352 g/mol. The first-order chi connectivity index (χ1) is 13.6. The molecule has 0 N–H and O–H groups in total. The first kappa shape index (κ1) is 19.9. The fraction of sp³-hybridized carbons (Fsp3) is 0.391. The third-order valence-electron chi connectivity index (χ3n) is 5.15. The molecule has 0 unspecified atom stereocenters. The van der Waals surface area contributed by atoms with E-state index in [0.717, 1.165) is 16.9 Å². The Morgan fingerprint density at radius 3 is 2.32 bits per heavy atom. The summed E-state index contributed by atoms with van der Waals surface area (Å²) in [4.78, 5) is 11.5. The largest absolute Gasteiger partial charge is 0.489 e. The van der Waals surface area contributed by atoms with Gasteiger partial charge in [-0.3, -0.25) is 5.01 Å². The van der Waals surface area contributed by atoms with Crippen LogP contribution >= 0.6 is 0 Å². The summed E-state index contributed by atoms with van der Waals surface area (Å²) in [5, 5.41) is 6.91. The molecule has 3 rings (SSSR count). The molecule has 0 radical (unpaired) electrons. The van der Waals surface area contributed by atoms with Crippen molar-refractivity contribution in [1.29, 1.82) is 0 Å². The predicted molar refractivity (Wildman–Crippen MR) is 111 cm³/mol. The molecule has 0 aromatic heterocycles. The quantitative estimate of drug-likeness (QED) is 0.541. The van der Waals surface area contributed by atoms with E-state index in [1.807, 2.05) is 42.6 Å². The van der Waals surface area contributed by atoms with Gasteiger partial charge in [0.2, 0.25) is 0 Å². The van der Waals surface area contributed by atoms with Gasteiger partial charge in [-0.25, -0.2) is 4.79 Å². The molecule has 1 aliphatic rings. The SMILES string of the molecule is COC(=O)c1ccc(COc2ccc(/C=N\N3[C@H](C)CCC[C@H]3C)cc2)cc1.